The number of aliphatic hydroxyl groups is 1. The summed E-state index contributed by atoms with van der Waals surface area (Å²) in [6.07, 6.45) is -10.7. The van der Waals surface area contributed by atoms with Crippen molar-refractivity contribution in [2.75, 3.05) is 12.3 Å². The van der Waals surface area contributed by atoms with Crippen molar-refractivity contribution in [1.29, 1.82) is 0 Å². The van der Waals surface area contributed by atoms with Gasteiger partial charge in [-0.25, -0.2) is 22.5 Å². The summed E-state index contributed by atoms with van der Waals surface area (Å²) in [5.41, 5.74) is 1.10. The molecule has 1 aromatic heterocycles. The Bertz CT molecular complexity index is 1600. The van der Waals surface area contributed by atoms with Crippen LogP contribution < -0.4 is 21.0 Å². The van der Waals surface area contributed by atoms with Crippen LogP contribution >= 0.6 is 19.3 Å². The molecule has 1 saturated heterocycles. The fourth-order valence-corrected chi connectivity index (χ4v) is 5.93. The van der Waals surface area contributed by atoms with Crippen molar-refractivity contribution in [2.45, 2.75) is 63.4 Å². The molecule has 4 rings (SSSR count). The summed E-state index contributed by atoms with van der Waals surface area (Å²) in [6.45, 7) is 3.01. The Morgan fingerprint density at radius 3 is 2.58 bits per heavy atom. The van der Waals surface area contributed by atoms with E-state index >= 15 is 4.39 Å². The number of halogens is 4. The summed E-state index contributed by atoms with van der Waals surface area (Å²) >= 11 is 5.86. The molecule has 0 spiro atoms. The van der Waals surface area contributed by atoms with E-state index in [9.17, 15) is 28.0 Å². The van der Waals surface area contributed by atoms with E-state index in [0.29, 0.717) is 9.95 Å². The van der Waals surface area contributed by atoms with E-state index in [2.05, 4.69) is 10.1 Å². The third kappa shape index (κ3) is 6.97. The minimum Gasteiger partial charge on any atom is -0.462 e. The van der Waals surface area contributed by atoms with Crippen LogP contribution in [0, 0.1) is 0 Å². The van der Waals surface area contributed by atoms with E-state index in [1.54, 1.807) is 38.1 Å². The highest BCUT2D eigenvalue weighted by Gasteiger charge is 2.62. The van der Waals surface area contributed by atoms with Crippen LogP contribution in [0.1, 0.15) is 27.0 Å². The summed E-state index contributed by atoms with van der Waals surface area (Å²) < 4.78 is 80.1. The van der Waals surface area contributed by atoms with Crippen LogP contribution in [0.15, 0.2) is 53.5 Å². The first-order valence-corrected chi connectivity index (χ1v) is 14.8. The first-order valence-electron chi connectivity index (χ1n) is 12.9. The van der Waals surface area contributed by atoms with Gasteiger partial charge in [0, 0.05) is 6.20 Å². The number of fused-ring (bicyclic) bond motifs is 1. The number of esters is 1. The molecule has 0 radical (unpaired) electrons. The predicted molar refractivity (Wildman–Crippen MR) is 150 cm³/mol. The molecule has 1 aliphatic heterocycles. The van der Waals surface area contributed by atoms with E-state index < -0.39 is 74.5 Å². The summed E-state index contributed by atoms with van der Waals surface area (Å²) in [7, 11) is -4.79. The number of nitrogen functional groups attached to an aromatic ring is 1. The highest BCUT2D eigenvalue weighted by atomic mass is 35.5. The van der Waals surface area contributed by atoms with Crippen LogP contribution in [0.4, 0.5) is 19.0 Å². The molecule has 0 aliphatic carbocycles. The number of nitrogens with one attached hydrogen (secondary N) is 1. The predicted octanol–water partition coefficient (Wildman–Crippen LogP) is 4.00. The molecule has 1 aliphatic rings. The molecule has 1 unspecified atom stereocenters. The zero-order valence-electron chi connectivity index (χ0n) is 23.0. The number of aliphatic hydroxyl groups excluding tert-OH is 1. The summed E-state index contributed by atoms with van der Waals surface area (Å²) in [4.78, 5) is 28.2. The Balaban J connectivity index is 1.66. The minimum absolute atomic E-state index is 0.0340. The van der Waals surface area contributed by atoms with Gasteiger partial charge in [0.05, 0.1) is 17.7 Å². The summed E-state index contributed by atoms with van der Waals surface area (Å²) in [6, 6.07) is 10.3. The van der Waals surface area contributed by atoms with Gasteiger partial charge in [0.15, 0.2) is 18.0 Å². The second kappa shape index (κ2) is 12.8. The third-order valence-electron chi connectivity index (χ3n) is 6.46. The van der Waals surface area contributed by atoms with Crippen molar-refractivity contribution < 1.29 is 46.2 Å². The number of carbonyl (C=O) groups is 1. The van der Waals surface area contributed by atoms with E-state index in [-0.39, 0.29) is 10.8 Å². The van der Waals surface area contributed by atoms with Gasteiger partial charge in [-0.15, -0.1) is 0 Å². The fourth-order valence-electron chi connectivity index (χ4n) is 4.26. The molecule has 0 amide bonds. The summed E-state index contributed by atoms with van der Waals surface area (Å²) in [5.74, 6) is -1.30. The van der Waals surface area contributed by atoms with E-state index in [4.69, 9.17) is 35.9 Å². The van der Waals surface area contributed by atoms with E-state index in [0.717, 1.165) is 11.6 Å². The molecule has 6 atom stereocenters. The van der Waals surface area contributed by atoms with Crippen LogP contribution in [-0.4, -0.2) is 63.7 Å². The smallest absolute Gasteiger partial charge is 0.459 e. The molecule has 0 saturated carbocycles. The van der Waals surface area contributed by atoms with Gasteiger partial charge in [-0.05, 0) is 43.7 Å². The maximum absolute atomic E-state index is 15.3. The summed E-state index contributed by atoms with van der Waals surface area (Å²) in [5, 5.41) is 14.1. The number of nitrogens with zero attached hydrogens (tertiary/aromatic N) is 2. The number of benzene rings is 2. The number of carbonyl (C=O) groups excluding carboxylic acids is 1. The second-order valence-corrected chi connectivity index (χ2v) is 12.1. The number of anilines is 1. The van der Waals surface area contributed by atoms with Crippen molar-refractivity contribution in [3.8, 4) is 5.75 Å². The molecule has 1 fully saturated rings. The molecular weight excluding hydrogens is 620 g/mol. The lowest BCUT2D eigenvalue weighted by Crippen LogP contribution is -2.52. The number of alkyl halides is 3. The van der Waals surface area contributed by atoms with Crippen molar-refractivity contribution in [1.82, 2.24) is 14.6 Å². The number of hydrogen-bond donors (Lipinski definition) is 3. The molecule has 12 nitrogen and oxygen atoms in total. The van der Waals surface area contributed by atoms with Crippen molar-refractivity contribution >= 4 is 41.9 Å². The maximum atomic E-state index is 15.3. The Morgan fingerprint density at radius 1 is 1.26 bits per heavy atom. The Morgan fingerprint density at radius 2 is 1.93 bits per heavy atom. The largest absolute Gasteiger partial charge is 0.462 e. The quantitative estimate of drug-likeness (QED) is 0.203. The Hall–Kier alpha value is -3.20. The van der Waals surface area contributed by atoms with E-state index in [1.807, 2.05) is 6.07 Å². The monoisotopic (exact) mass is 648 g/mol. The van der Waals surface area contributed by atoms with Gasteiger partial charge >= 0.3 is 19.4 Å². The first kappa shape index (κ1) is 32.7. The van der Waals surface area contributed by atoms with Gasteiger partial charge in [-0.1, -0.05) is 41.9 Å². The number of ether oxygens (including phenoxy) is 2. The number of aromatic nitrogens is 2. The van der Waals surface area contributed by atoms with E-state index in [1.165, 1.54) is 19.1 Å². The molecule has 2 heterocycles. The normalized spacial score (nSPS) is 24.3. The maximum Gasteiger partial charge on any atom is 0.459 e. The van der Waals surface area contributed by atoms with Gasteiger partial charge in [0.25, 0.3) is 6.43 Å². The lowest BCUT2D eigenvalue weighted by atomic mass is 9.97. The molecule has 43 heavy (non-hydrogen) atoms. The van der Waals surface area contributed by atoms with Crippen LogP contribution in [-0.2, 0) is 23.4 Å². The van der Waals surface area contributed by atoms with Gasteiger partial charge in [0.1, 0.15) is 23.7 Å². The van der Waals surface area contributed by atoms with Crippen molar-refractivity contribution in [3.05, 3.63) is 64.2 Å². The highest BCUT2D eigenvalue weighted by Crippen LogP contribution is 2.50. The standard InChI is InChI=1S/C26H29ClF3N4O8P/c1-13(2)40-23(36)14(3)33-43(38,42-17-9-8-15-6-4-5-7-16(15)10-17)39-12-26(24(29)30)20(35)19(28)22(41-26)34-11-18(27)21(31)32-25(34)37/h4-11,13-14,19-20,22,24,35H,12H2,1-3H3,(H,33,38)(H2,31,32,37)/t14-,19-,20-,22+,26+,43?/m0/s1. The van der Waals surface area contributed by atoms with Gasteiger partial charge in [-0.3, -0.25) is 13.9 Å². The molecular formula is C26H29ClF3N4O8P. The van der Waals surface area contributed by atoms with Crippen LogP contribution in [0.5, 0.6) is 5.75 Å². The third-order valence-corrected chi connectivity index (χ3v) is 8.37. The average Bonchev–Trinajstić information content (AvgIpc) is 3.19. The SMILES string of the molecule is CC(C)OC(=O)[C@H](C)NP(=O)(OC[C@@]1(C(F)F)O[C@@H](n2cc(Cl)c(N)nc2=O)[C@@H](F)[C@@H]1O)Oc1ccc2ccccc2c1. The molecule has 0 bridgehead atoms. The number of nitrogens with two attached hydrogens (primary N) is 1. The molecule has 3 aromatic rings. The highest BCUT2D eigenvalue weighted by molar-refractivity contribution is 7.52. The van der Waals surface area contributed by atoms with Crippen molar-refractivity contribution in [3.63, 3.8) is 0 Å². The lowest BCUT2D eigenvalue weighted by molar-refractivity contribution is -0.192. The topological polar surface area (TPSA) is 164 Å². The zero-order chi connectivity index (χ0) is 31.7. The molecule has 2 aromatic carbocycles. The minimum atomic E-state index is -4.79. The Kier molecular flexibility index (Phi) is 9.74. The van der Waals surface area contributed by atoms with Crippen LogP contribution in [0.3, 0.4) is 0 Å². The van der Waals surface area contributed by atoms with Crippen molar-refractivity contribution in [2.24, 2.45) is 0 Å². The molecule has 4 N–H and O–H groups in total. The molecule has 17 heteroatoms. The Labute approximate surface area is 248 Å². The van der Waals surface area contributed by atoms with Gasteiger partial charge in [-0.2, -0.15) is 10.1 Å². The number of rotatable bonds is 11. The van der Waals surface area contributed by atoms with Crippen LogP contribution in [0.2, 0.25) is 5.02 Å². The average molecular weight is 649 g/mol. The first-order chi connectivity index (χ1) is 20.2. The number of hydrogen-bond acceptors (Lipinski definition) is 10. The molecule has 234 valence electrons. The fraction of sp³-hybridized carbons (Fsp3) is 0.423. The second-order valence-electron chi connectivity index (χ2n) is 10.0. The lowest BCUT2D eigenvalue weighted by Gasteiger charge is -2.32. The van der Waals surface area contributed by atoms with Crippen LogP contribution in [0.25, 0.3) is 10.8 Å². The van der Waals surface area contributed by atoms with Gasteiger partial charge in [0.2, 0.25) is 0 Å². The zero-order valence-corrected chi connectivity index (χ0v) is 24.7. The van der Waals surface area contributed by atoms with Gasteiger partial charge < -0.3 is 24.8 Å².